The molecule has 1 N–H and O–H groups in total. The Labute approximate surface area is 158 Å². The number of likely N-dealkylation sites (tertiary alicyclic amines) is 1. The topological polar surface area (TPSA) is 83.6 Å². The van der Waals surface area contributed by atoms with Crippen LogP contribution in [0.5, 0.6) is 0 Å². The summed E-state index contributed by atoms with van der Waals surface area (Å²) in [7, 11) is -3.00. The van der Waals surface area contributed by atoms with Crippen LogP contribution in [0.4, 0.5) is 0 Å². The number of carbonyl (C=O) groups is 2. The van der Waals surface area contributed by atoms with Gasteiger partial charge in [-0.3, -0.25) is 9.59 Å². The molecule has 0 aliphatic carbocycles. The number of sulfone groups is 1. The zero-order valence-corrected chi connectivity index (χ0v) is 16.1. The Bertz CT molecular complexity index is 771. The Balaban J connectivity index is 1.45. The highest BCUT2D eigenvalue weighted by Crippen LogP contribution is 2.20. The van der Waals surface area contributed by atoms with E-state index in [1.54, 1.807) is 17.0 Å². The Morgan fingerprint density at radius 2 is 1.77 bits per heavy atom. The second-order valence-electron chi connectivity index (χ2n) is 7.07. The molecule has 2 fully saturated rings. The van der Waals surface area contributed by atoms with Crippen molar-refractivity contribution in [3.63, 3.8) is 0 Å². The third-order valence-electron chi connectivity index (χ3n) is 5.07. The van der Waals surface area contributed by atoms with Crippen molar-refractivity contribution in [2.45, 2.75) is 31.7 Å². The smallest absolute Gasteiger partial charge is 0.226 e. The number of halogens is 1. The molecule has 2 aliphatic heterocycles. The number of hydrogen-bond acceptors (Lipinski definition) is 4. The van der Waals surface area contributed by atoms with Gasteiger partial charge >= 0.3 is 0 Å². The summed E-state index contributed by atoms with van der Waals surface area (Å²) < 4.78 is 23.0. The summed E-state index contributed by atoms with van der Waals surface area (Å²) in [6.45, 7) is 1.10. The van der Waals surface area contributed by atoms with Gasteiger partial charge in [-0.2, -0.15) is 0 Å². The number of piperidine rings is 1. The van der Waals surface area contributed by atoms with E-state index in [1.165, 1.54) is 0 Å². The fourth-order valence-corrected chi connectivity index (χ4v) is 5.31. The fourth-order valence-electron chi connectivity index (χ4n) is 3.51. The van der Waals surface area contributed by atoms with Crippen molar-refractivity contribution < 1.29 is 18.0 Å². The number of nitrogens with zero attached hydrogens (tertiary/aromatic N) is 1. The van der Waals surface area contributed by atoms with Crippen molar-refractivity contribution in [3.8, 4) is 0 Å². The van der Waals surface area contributed by atoms with E-state index in [1.807, 2.05) is 12.1 Å². The van der Waals surface area contributed by atoms with Gasteiger partial charge in [0.2, 0.25) is 11.8 Å². The summed E-state index contributed by atoms with van der Waals surface area (Å²) in [5.41, 5.74) is 0.918. The standard InChI is InChI=1S/C18H23ClN2O4S/c19-15-3-1-13(2-4-15)11-17(22)21-8-5-14(6-9-21)18(23)20-16-7-10-26(24,25)12-16/h1-4,14,16H,5-12H2,(H,20,23). The molecule has 2 amide bonds. The minimum atomic E-state index is -3.00. The molecule has 2 heterocycles. The lowest BCUT2D eigenvalue weighted by molar-refractivity contribution is -0.135. The van der Waals surface area contributed by atoms with Crippen LogP contribution < -0.4 is 5.32 Å². The maximum absolute atomic E-state index is 12.4. The molecule has 1 aromatic rings. The van der Waals surface area contributed by atoms with Crippen LogP contribution in [0, 0.1) is 5.92 Å². The van der Waals surface area contributed by atoms with E-state index >= 15 is 0 Å². The van der Waals surface area contributed by atoms with Crippen LogP contribution >= 0.6 is 11.6 Å². The molecule has 8 heteroatoms. The summed E-state index contributed by atoms with van der Waals surface area (Å²) in [5.74, 6) is -0.00455. The van der Waals surface area contributed by atoms with Gasteiger partial charge in [-0.15, -0.1) is 0 Å². The number of benzene rings is 1. The molecular formula is C18H23ClN2O4S. The zero-order valence-electron chi connectivity index (χ0n) is 14.5. The summed E-state index contributed by atoms with van der Waals surface area (Å²) in [6.07, 6.45) is 2.04. The van der Waals surface area contributed by atoms with E-state index in [0.29, 0.717) is 43.8 Å². The number of nitrogens with one attached hydrogen (secondary N) is 1. The zero-order chi connectivity index (χ0) is 18.7. The molecule has 2 saturated heterocycles. The van der Waals surface area contributed by atoms with Crippen molar-refractivity contribution in [1.29, 1.82) is 0 Å². The van der Waals surface area contributed by atoms with Gasteiger partial charge in [0.1, 0.15) is 0 Å². The number of rotatable bonds is 4. The van der Waals surface area contributed by atoms with Crippen molar-refractivity contribution in [2.75, 3.05) is 24.6 Å². The molecule has 0 aromatic heterocycles. The third-order valence-corrected chi connectivity index (χ3v) is 7.09. The summed E-state index contributed by atoms with van der Waals surface area (Å²) in [5, 5.41) is 3.50. The SMILES string of the molecule is O=C(NC1CCS(=O)(=O)C1)C1CCN(C(=O)Cc2ccc(Cl)cc2)CC1. The first-order valence-electron chi connectivity index (χ1n) is 8.85. The first kappa shape index (κ1) is 19.2. The molecule has 1 aromatic carbocycles. The maximum Gasteiger partial charge on any atom is 0.226 e. The second kappa shape index (κ2) is 7.96. The average molecular weight is 399 g/mol. The van der Waals surface area contributed by atoms with E-state index < -0.39 is 9.84 Å². The Hall–Kier alpha value is -1.60. The summed E-state index contributed by atoms with van der Waals surface area (Å²) in [4.78, 5) is 26.5. The summed E-state index contributed by atoms with van der Waals surface area (Å²) >= 11 is 5.85. The van der Waals surface area contributed by atoms with Gasteiger partial charge in [-0.25, -0.2) is 8.42 Å². The number of hydrogen-bond donors (Lipinski definition) is 1. The monoisotopic (exact) mass is 398 g/mol. The molecule has 0 radical (unpaired) electrons. The molecule has 26 heavy (non-hydrogen) atoms. The highest BCUT2D eigenvalue weighted by molar-refractivity contribution is 7.91. The number of amides is 2. The molecule has 6 nitrogen and oxygen atoms in total. The second-order valence-corrected chi connectivity index (χ2v) is 9.73. The van der Waals surface area contributed by atoms with Crippen LogP contribution in [-0.2, 0) is 25.8 Å². The lowest BCUT2D eigenvalue weighted by Crippen LogP contribution is -2.46. The van der Waals surface area contributed by atoms with Crippen LogP contribution in [0.25, 0.3) is 0 Å². The molecule has 2 aliphatic rings. The average Bonchev–Trinajstić information content (AvgIpc) is 2.95. The Kier molecular flexibility index (Phi) is 5.87. The van der Waals surface area contributed by atoms with Gasteiger partial charge in [-0.1, -0.05) is 23.7 Å². The van der Waals surface area contributed by atoms with Crippen molar-refractivity contribution >= 4 is 33.3 Å². The van der Waals surface area contributed by atoms with Gasteiger partial charge < -0.3 is 10.2 Å². The molecule has 142 valence electrons. The van der Waals surface area contributed by atoms with Gasteiger partial charge in [0, 0.05) is 30.1 Å². The van der Waals surface area contributed by atoms with Gasteiger partial charge in [0.05, 0.1) is 17.9 Å². The van der Waals surface area contributed by atoms with Crippen LogP contribution in [-0.4, -0.2) is 55.8 Å². The Morgan fingerprint density at radius 1 is 1.12 bits per heavy atom. The van der Waals surface area contributed by atoms with Crippen LogP contribution in [0.15, 0.2) is 24.3 Å². The first-order chi connectivity index (χ1) is 12.3. The van der Waals surface area contributed by atoms with E-state index in [9.17, 15) is 18.0 Å². The lowest BCUT2D eigenvalue weighted by Gasteiger charge is -2.32. The van der Waals surface area contributed by atoms with Gasteiger partial charge in [0.25, 0.3) is 0 Å². The predicted octanol–water partition coefficient (Wildman–Crippen LogP) is 1.42. The lowest BCUT2D eigenvalue weighted by atomic mass is 9.95. The number of carbonyl (C=O) groups excluding carboxylic acids is 2. The molecule has 0 saturated carbocycles. The first-order valence-corrected chi connectivity index (χ1v) is 11.1. The molecule has 0 bridgehead atoms. The normalized spacial score (nSPS) is 23.0. The molecule has 1 unspecified atom stereocenters. The molecule has 1 atom stereocenters. The maximum atomic E-state index is 12.4. The third kappa shape index (κ3) is 4.98. The molecular weight excluding hydrogens is 376 g/mol. The van der Waals surface area contributed by atoms with E-state index in [-0.39, 0.29) is 35.3 Å². The van der Waals surface area contributed by atoms with Crippen molar-refractivity contribution in [1.82, 2.24) is 10.2 Å². The highest BCUT2D eigenvalue weighted by atomic mass is 35.5. The van der Waals surface area contributed by atoms with Crippen LogP contribution in [0.3, 0.4) is 0 Å². The molecule has 3 rings (SSSR count). The van der Waals surface area contributed by atoms with Crippen LogP contribution in [0.1, 0.15) is 24.8 Å². The van der Waals surface area contributed by atoms with Crippen LogP contribution in [0.2, 0.25) is 5.02 Å². The highest BCUT2D eigenvalue weighted by Gasteiger charge is 2.32. The van der Waals surface area contributed by atoms with E-state index in [4.69, 9.17) is 11.6 Å². The van der Waals surface area contributed by atoms with E-state index in [0.717, 1.165) is 5.56 Å². The van der Waals surface area contributed by atoms with Crippen molar-refractivity contribution in [2.24, 2.45) is 5.92 Å². The minimum Gasteiger partial charge on any atom is -0.352 e. The van der Waals surface area contributed by atoms with Crippen molar-refractivity contribution in [3.05, 3.63) is 34.9 Å². The molecule has 0 spiro atoms. The fraction of sp³-hybridized carbons (Fsp3) is 0.556. The Morgan fingerprint density at radius 3 is 2.35 bits per heavy atom. The summed E-state index contributed by atoms with van der Waals surface area (Å²) in [6, 6.07) is 6.96. The largest absolute Gasteiger partial charge is 0.352 e. The predicted molar refractivity (Wildman–Crippen MR) is 99.7 cm³/mol. The quantitative estimate of drug-likeness (QED) is 0.831. The van der Waals surface area contributed by atoms with Gasteiger partial charge in [-0.05, 0) is 37.0 Å². The van der Waals surface area contributed by atoms with Gasteiger partial charge in [0.15, 0.2) is 9.84 Å². The van der Waals surface area contributed by atoms with E-state index in [2.05, 4.69) is 5.32 Å². The minimum absolute atomic E-state index is 0.0389.